The Morgan fingerprint density at radius 3 is 2.83 bits per heavy atom. The third-order valence-electron chi connectivity index (χ3n) is 2.48. The number of halogens is 1. The van der Waals surface area contributed by atoms with Crippen molar-refractivity contribution in [1.82, 2.24) is 9.97 Å². The van der Waals surface area contributed by atoms with Crippen molar-refractivity contribution in [3.05, 3.63) is 45.8 Å². The van der Waals surface area contributed by atoms with E-state index < -0.39 is 0 Å². The molecule has 94 valence electrons. The second-order valence-corrected chi connectivity index (χ2v) is 4.88. The van der Waals surface area contributed by atoms with Crippen molar-refractivity contribution in [3.8, 4) is 11.6 Å². The molecule has 0 aliphatic heterocycles. The molecule has 5 heteroatoms. The normalized spacial score (nSPS) is 10.4. The Hall–Kier alpha value is -1.46. The van der Waals surface area contributed by atoms with Gasteiger partial charge in [-0.15, -0.1) is 0 Å². The minimum Gasteiger partial charge on any atom is -0.437 e. The minimum absolute atomic E-state index is 0.410. The van der Waals surface area contributed by atoms with E-state index in [0.717, 1.165) is 21.4 Å². The number of aromatic nitrogens is 2. The fraction of sp³-hybridized carbons (Fsp3) is 0.231. The number of ether oxygens (including phenoxy) is 1. The molecule has 18 heavy (non-hydrogen) atoms. The zero-order valence-electron chi connectivity index (χ0n) is 10.3. The van der Waals surface area contributed by atoms with Crippen molar-refractivity contribution in [2.45, 2.75) is 20.4 Å². The monoisotopic (exact) mass is 307 g/mol. The molecule has 1 aromatic heterocycles. The summed E-state index contributed by atoms with van der Waals surface area (Å²) in [5.74, 6) is 1.23. The van der Waals surface area contributed by atoms with Crippen LogP contribution in [0, 0.1) is 13.8 Å². The second-order valence-electron chi connectivity index (χ2n) is 3.96. The van der Waals surface area contributed by atoms with Crippen LogP contribution in [0.25, 0.3) is 0 Å². The molecule has 2 aromatic rings. The average Bonchev–Trinajstić information content (AvgIpc) is 2.36. The van der Waals surface area contributed by atoms with E-state index in [9.17, 15) is 0 Å². The Morgan fingerprint density at radius 2 is 2.11 bits per heavy atom. The van der Waals surface area contributed by atoms with Gasteiger partial charge in [-0.1, -0.05) is 15.9 Å². The maximum Gasteiger partial charge on any atom is 0.241 e. The van der Waals surface area contributed by atoms with Gasteiger partial charge < -0.3 is 10.5 Å². The summed E-state index contributed by atoms with van der Waals surface area (Å²) in [6.45, 7) is 4.15. The highest BCUT2D eigenvalue weighted by Crippen LogP contribution is 2.28. The summed E-state index contributed by atoms with van der Waals surface area (Å²) in [5, 5.41) is 0. The highest BCUT2D eigenvalue weighted by Gasteiger charge is 2.08. The first-order valence-corrected chi connectivity index (χ1v) is 6.36. The van der Waals surface area contributed by atoms with Crippen LogP contribution < -0.4 is 10.5 Å². The Labute approximate surface area is 114 Å². The molecule has 0 saturated carbocycles. The van der Waals surface area contributed by atoms with Crippen LogP contribution in [0.15, 0.2) is 28.9 Å². The van der Waals surface area contributed by atoms with Crippen molar-refractivity contribution in [2.75, 3.05) is 0 Å². The topological polar surface area (TPSA) is 61.0 Å². The largest absolute Gasteiger partial charge is 0.437 e. The van der Waals surface area contributed by atoms with Crippen LogP contribution in [0.3, 0.4) is 0 Å². The van der Waals surface area contributed by atoms with E-state index in [1.807, 2.05) is 32.0 Å². The van der Waals surface area contributed by atoms with E-state index in [1.54, 1.807) is 6.20 Å². The first-order valence-electron chi connectivity index (χ1n) is 5.56. The summed E-state index contributed by atoms with van der Waals surface area (Å²) in [7, 11) is 0. The summed E-state index contributed by atoms with van der Waals surface area (Å²) >= 11 is 3.41. The smallest absolute Gasteiger partial charge is 0.241 e. The average molecular weight is 308 g/mol. The van der Waals surface area contributed by atoms with Gasteiger partial charge in [0.2, 0.25) is 5.88 Å². The Bertz CT molecular complexity index is 572. The van der Waals surface area contributed by atoms with E-state index in [0.29, 0.717) is 18.2 Å². The zero-order chi connectivity index (χ0) is 13.1. The van der Waals surface area contributed by atoms with Gasteiger partial charge in [-0.3, -0.25) is 4.98 Å². The van der Waals surface area contributed by atoms with E-state index in [-0.39, 0.29) is 0 Å². The summed E-state index contributed by atoms with van der Waals surface area (Å²) in [4.78, 5) is 8.55. The molecule has 0 atom stereocenters. The highest BCUT2D eigenvalue weighted by atomic mass is 79.9. The quantitative estimate of drug-likeness (QED) is 0.946. The molecule has 2 rings (SSSR count). The number of benzene rings is 1. The molecule has 0 amide bonds. The molecule has 2 N–H and O–H groups in total. The maximum atomic E-state index is 5.79. The molecular weight excluding hydrogens is 294 g/mol. The van der Waals surface area contributed by atoms with Gasteiger partial charge in [-0.05, 0) is 32.0 Å². The third-order valence-corrected chi connectivity index (χ3v) is 2.97. The van der Waals surface area contributed by atoms with Crippen molar-refractivity contribution < 1.29 is 4.74 Å². The lowest BCUT2D eigenvalue weighted by atomic mass is 10.2. The molecule has 0 unspecified atom stereocenters. The van der Waals surface area contributed by atoms with Crippen LogP contribution in [0.2, 0.25) is 0 Å². The Morgan fingerprint density at radius 1 is 1.33 bits per heavy atom. The van der Waals surface area contributed by atoms with Gasteiger partial charge in [0.25, 0.3) is 0 Å². The number of hydrogen-bond acceptors (Lipinski definition) is 4. The molecule has 0 spiro atoms. The lowest BCUT2D eigenvalue weighted by Crippen LogP contribution is -2.02. The summed E-state index contributed by atoms with van der Waals surface area (Å²) in [6.07, 6.45) is 1.72. The molecule has 0 fully saturated rings. The van der Waals surface area contributed by atoms with Gasteiger partial charge in [0.15, 0.2) is 0 Å². The second kappa shape index (κ2) is 5.46. The van der Waals surface area contributed by atoms with Crippen molar-refractivity contribution in [3.63, 3.8) is 0 Å². The standard InChI is InChI=1S/C13H14BrN3O/c1-8-7-16-9(2)13(17-8)18-12-4-3-11(14)5-10(12)6-15/h3-5,7H,6,15H2,1-2H3. The van der Waals surface area contributed by atoms with Crippen LogP contribution in [0.4, 0.5) is 0 Å². The first kappa shape index (κ1) is 13.0. The van der Waals surface area contributed by atoms with Gasteiger partial charge in [-0.25, -0.2) is 4.98 Å². The van der Waals surface area contributed by atoms with Crippen molar-refractivity contribution in [2.24, 2.45) is 5.73 Å². The number of rotatable bonds is 3. The highest BCUT2D eigenvalue weighted by molar-refractivity contribution is 9.10. The number of aryl methyl sites for hydroxylation is 2. The van der Waals surface area contributed by atoms with E-state index >= 15 is 0 Å². The fourth-order valence-electron chi connectivity index (χ4n) is 1.52. The van der Waals surface area contributed by atoms with Gasteiger partial charge in [0.1, 0.15) is 5.75 Å². The van der Waals surface area contributed by atoms with Crippen molar-refractivity contribution >= 4 is 15.9 Å². The Kier molecular flexibility index (Phi) is 3.93. The van der Waals surface area contributed by atoms with Crippen LogP contribution in [-0.2, 0) is 6.54 Å². The van der Waals surface area contributed by atoms with E-state index in [4.69, 9.17) is 10.5 Å². The van der Waals surface area contributed by atoms with Crippen LogP contribution in [0.5, 0.6) is 11.6 Å². The first-order chi connectivity index (χ1) is 8.60. The van der Waals surface area contributed by atoms with Gasteiger partial charge in [-0.2, -0.15) is 0 Å². The van der Waals surface area contributed by atoms with Crippen LogP contribution in [0.1, 0.15) is 17.0 Å². The number of hydrogen-bond donors (Lipinski definition) is 1. The molecule has 0 saturated heterocycles. The number of nitrogens with two attached hydrogens (primary N) is 1. The third kappa shape index (κ3) is 2.86. The lowest BCUT2D eigenvalue weighted by Gasteiger charge is -2.11. The molecule has 0 bridgehead atoms. The summed E-state index contributed by atoms with van der Waals surface area (Å²) in [5.41, 5.74) is 8.20. The summed E-state index contributed by atoms with van der Waals surface area (Å²) < 4.78 is 6.77. The fourth-order valence-corrected chi connectivity index (χ4v) is 1.93. The Balaban J connectivity index is 2.36. The van der Waals surface area contributed by atoms with Crippen molar-refractivity contribution in [1.29, 1.82) is 0 Å². The molecule has 0 radical (unpaired) electrons. The molecule has 1 heterocycles. The molecule has 1 aromatic carbocycles. The molecule has 0 aliphatic carbocycles. The molecule has 0 aliphatic rings. The van der Waals surface area contributed by atoms with Gasteiger partial charge in [0, 0.05) is 22.8 Å². The van der Waals surface area contributed by atoms with Gasteiger partial charge in [0.05, 0.1) is 11.4 Å². The SMILES string of the molecule is Cc1cnc(C)c(Oc2ccc(Br)cc2CN)n1. The maximum absolute atomic E-state index is 5.79. The molecule has 4 nitrogen and oxygen atoms in total. The van der Waals surface area contributed by atoms with E-state index in [2.05, 4.69) is 25.9 Å². The molecular formula is C13H14BrN3O. The minimum atomic E-state index is 0.410. The van der Waals surface area contributed by atoms with Crippen LogP contribution >= 0.6 is 15.9 Å². The predicted molar refractivity (Wildman–Crippen MR) is 73.6 cm³/mol. The zero-order valence-corrected chi connectivity index (χ0v) is 11.9. The lowest BCUT2D eigenvalue weighted by molar-refractivity contribution is 0.448. The van der Waals surface area contributed by atoms with Crippen LogP contribution in [-0.4, -0.2) is 9.97 Å². The van der Waals surface area contributed by atoms with Gasteiger partial charge >= 0.3 is 0 Å². The summed E-state index contributed by atoms with van der Waals surface area (Å²) in [6, 6.07) is 5.72. The predicted octanol–water partition coefficient (Wildman–Crippen LogP) is 3.11. The van der Waals surface area contributed by atoms with E-state index in [1.165, 1.54) is 0 Å². The number of nitrogens with zero attached hydrogens (tertiary/aromatic N) is 2.